The topological polar surface area (TPSA) is 46.5 Å². The number of carbonyl (C=O) groups excluding carboxylic acids is 1. The molecule has 0 spiro atoms. The number of esters is 1. The molecule has 0 aromatic rings. The average molecular weight is 221 g/mol. The molecule has 1 N–H and O–H groups in total. The van der Waals surface area contributed by atoms with Crippen molar-refractivity contribution in [1.82, 2.24) is 0 Å². The van der Waals surface area contributed by atoms with Crippen LogP contribution in [0.15, 0.2) is 12.2 Å². The van der Waals surface area contributed by atoms with Crippen LogP contribution in [0.2, 0.25) is 0 Å². The number of hydrogen-bond acceptors (Lipinski definition) is 3. The Bertz CT molecular complexity index is 192. The third-order valence-corrected chi connectivity index (χ3v) is 2.21. The highest BCUT2D eigenvalue weighted by Crippen LogP contribution is 2.11. The molecular weight excluding hydrogens is 204 g/mol. The molecule has 0 aliphatic carbocycles. The summed E-state index contributed by atoms with van der Waals surface area (Å²) in [6.45, 7) is 4.03. The quantitative estimate of drug-likeness (QED) is 0.421. The summed E-state index contributed by atoms with van der Waals surface area (Å²) < 4.78 is 4.71. The van der Waals surface area contributed by atoms with Gasteiger partial charge in [-0.15, -0.1) is 11.6 Å². The molecule has 14 heavy (non-hydrogen) atoms. The molecule has 0 saturated carbocycles. The van der Waals surface area contributed by atoms with Crippen molar-refractivity contribution in [2.75, 3.05) is 12.5 Å². The van der Waals surface area contributed by atoms with Crippen LogP contribution in [0, 0.1) is 5.92 Å². The number of rotatable bonds is 6. The fourth-order valence-electron chi connectivity index (χ4n) is 1.04. The monoisotopic (exact) mass is 220 g/mol. The Morgan fingerprint density at radius 3 is 2.64 bits per heavy atom. The molecule has 0 saturated heterocycles. The van der Waals surface area contributed by atoms with Crippen molar-refractivity contribution in [2.24, 2.45) is 5.92 Å². The van der Waals surface area contributed by atoms with Gasteiger partial charge in [0.15, 0.2) is 0 Å². The van der Waals surface area contributed by atoms with Crippen LogP contribution >= 0.6 is 11.6 Å². The fraction of sp³-hybridized carbons (Fsp3) is 0.700. The van der Waals surface area contributed by atoms with Crippen molar-refractivity contribution in [1.29, 1.82) is 0 Å². The second kappa shape index (κ2) is 7.83. The van der Waals surface area contributed by atoms with Gasteiger partial charge in [0, 0.05) is 17.9 Å². The maximum Gasteiger partial charge on any atom is 0.330 e. The zero-order valence-electron chi connectivity index (χ0n) is 8.57. The zero-order chi connectivity index (χ0) is 11.0. The van der Waals surface area contributed by atoms with Crippen molar-refractivity contribution < 1.29 is 14.6 Å². The van der Waals surface area contributed by atoms with Gasteiger partial charge < -0.3 is 9.84 Å². The minimum Gasteiger partial charge on any atom is -0.463 e. The molecule has 0 aromatic carbocycles. The average Bonchev–Trinajstić information content (AvgIpc) is 2.18. The Hall–Kier alpha value is -0.540. The van der Waals surface area contributed by atoms with Crippen molar-refractivity contribution in [2.45, 2.75) is 26.4 Å². The molecule has 0 aliphatic heterocycles. The molecule has 0 rings (SSSR count). The molecular formula is C10H17ClO3. The van der Waals surface area contributed by atoms with E-state index < -0.39 is 6.10 Å². The van der Waals surface area contributed by atoms with Crippen LogP contribution in [0.5, 0.6) is 0 Å². The number of alkyl halides is 1. The van der Waals surface area contributed by atoms with E-state index in [1.54, 1.807) is 13.0 Å². The van der Waals surface area contributed by atoms with Crippen molar-refractivity contribution in [3.8, 4) is 0 Å². The van der Waals surface area contributed by atoms with Crippen LogP contribution in [0.1, 0.15) is 20.3 Å². The van der Waals surface area contributed by atoms with E-state index in [0.717, 1.165) is 6.42 Å². The van der Waals surface area contributed by atoms with Crippen LogP contribution in [-0.4, -0.2) is 29.7 Å². The van der Waals surface area contributed by atoms with Gasteiger partial charge in [0.2, 0.25) is 0 Å². The second-order valence-electron chi connectivity index (χ2n) is 2.90. The van der Waals surface area contributed by atoms with Crippen LogP contribution in [0.4, 0.5) is 0 Å². The molecule has 0 amide bonds. The van der Waals surface area contributed by atoms with E-state index >= 15 is 0 Å². The van der Waals surface area contributed by atoms with Gasteiger partial charge in [-0.3, -0.25) is 0 Å². The first-order chi connectivity index (χ1) is 6.65. The van der Waals surface area contributed by atoms with E-state index in [-0.39, 0.29) is 17.8 Å². The Morgan fingerprint density at radius 2 is 2.21 bits per heavy atom. The van der Waals surface area contributed by atoms with E-state index in [2.05, 4.69) is 0 Å². The molecule has 2 atom stereocenters. The number of ether oxygens (including phenoxy) is 1. The summed E-state index contributed by atoms with van der Waals surface area (Å²) in [5, 5.41) is 9.43. The fourth-order valence-corrected chi connectivity index (χ4v) is 1.27. The maximum atomic E-state index is 11.0. The second-order valence-corrected chi connectivity index (χ2v) is 3.21. The first-order valence-corrected chi connectivity index (χ1v) is 5.28. The van der Waals surface area contributed by atoms with Crippen LogP contribution in [0.25, 0.3) is 0 Å². The summed E-state index contributed by atoms with van der Waals surface area (Å²) in [6, 6.07) is 0. The van der Waals surface area contributed by atoms with Gasteiger partial charge in [-0.25, -0.2) is 4.79 Å². The zero-order valence-corrected chi connectivity index (χ0v) is 9.33. The largest absolute Gasteiger partial charge is 0.463 e. The minimum atomic E-state index is -0.604. The molecule has 0 heterocycles. The molecule has 0 unspecified atom stereocenters. The summed E-state index contributed by atoms with van der Waals surface area (Å²) in [5.74, 6) is -0.296. The number of aliphatic hydroxyl groups excluding tert-OH is 1. The first kappa shape index (κ1) is 13.5. The minimum absolute atomic E-state index is 0.0862. The molecule has 0 aliphatic rings. The highest BCUT2D eigenvalue weighted by Gasteiger charge is 2.13. The van der Waals surface area contributed by atoms with Crippen LogP contribution in [-0.2, 0) is 9.53 Å². The molecule has 3 nitrogen and oxygen atoms in total. The van der Waals surface area contributed by atoms with E-state index in [4.69, 9.17) is 16.3 Å². The summed E-state index contributed by atoms with van der Waals surface area (Å²) in [6.07, 6.45) is 3.12. The van der Waals surface area contributed by atoms with E-state index in [9.17, 15) is 9.90 Å². The standard InChI is InChI=1S/C10H17ClO3/c1-3-8(9(12)7-11)5-6-10(13)14-4-2/h5-6,8-9,12H,3-4,7H2,1-2H3/b6-5+/t8-,9+/m1/s1. The lowest BCUT2D eigenvalue weighted by Gasteiger charge is -2.14. The van der Waals surface area contributed by atoms with Crippen LogP contribution < -0.4 is 0 Å². The van der Waals surface area contributed by atoms with Gasteiger partial charge >= 0.3 is 5.97 Å². The van der Waals surface area contributed by atoms with Gasteiger partial charge in [0.25, 0.3) is 0 Å². The van der Waals surface area contributed by atoms with Gasteiger partial charge in [-0.2, -0.15) is 0 Å². The highest BCUT2D eigenvalue weighted by atomic mass is 35.5. The third kappa shape index (κ3) is 5.25. The number of halogens is 1. The predicted octanol–water partition coefficient (Wildman–Crippen LogP) is 1.73. The molecule has 0 fully saturated rings. The summed E-state index contributed by atoms with van der Waals surface area (Å²) in [5.41, 5.74) is 0. The summed E-state index contributed by atoms with van der Waals surface area (Å²) in [4.78, 5) is 11.0. The lowest BCUT2D eigenvalue weighted by atomic mass is 10.0. The lowest BCUT2D eigenvalue weighted by molar-refractivity contribution is -0.137. The molecule has 82 valence electrons. The smallest absolute Gasteiger partial charge is 0.330 e. The summed E-state index contributed by atoms with van der Waals surface area (Å²) >= 11 is 5.50. The SMILES string of the molecule is CCOC(=O)/C=C/[C@@H](CC)[C@@H](O)CCl. The van der Waals surface area contributed by atoms with E-state index in [1.165, 1.54) is 6.08 Å². The number of hydrogen-bond donors (Lipinski definition) is 1. The third-order valence-electron chi connectivity index (χ3n) is 1.89. The van der Waals surface area contributed by atoms with Gasteiger partial charge in [-0.05, 0) is 13.3 Å². The van der Waals surface area contributed by atoms with Gasteiger partial charge in [0.1, 0.15) is 0 Å². The highest BCUT2D eigenvalue weighted by molar-refractivity contribution is 6.18. The van der Waals surface area contributed by atoms with Crippen molar-refractivity contribution >= 4 is 17.6 Å². The molecule has 0 radical (unpaired) electrons. The first-order valence-electron chi connectivity index (χ1n) is 4.74. The predicted molar refractivity (Wildman–Crippen MR) is 56.3 cm³/mol. The maximum absolute atomic E-state index is 11.0. The lowest BCUT2D eigenvalue weighted by Crippen LogP contribution is -2.19. The Balaban J connectivity index is 4.09. The summed E-state index contributed by atoms with van der Waals surface area (Å²) in [7, 11) is 0. The van der Waals surface area contributed by atoms with E-state index in [0.29, 0.717) is 6.61 Å². The Kier molecular flexibility index (Phi) is 7.52. The Morgan fingerprint density at radius 1 is 1.57 bits per heavy atom. The normalized spacial score (nSPS) is 15.4. The Labute approximate surface area is 89.7 Å². The number of aliphatic hydroxyl groups is 1. The molecule has 0 bridgehead atoms. The van der Waals surface area contributed by atoms with Gasteiger partial charge in [0.05, 0.1) is 12.7 Å². The number of carbonyl (C=O) groups is 1. The van der Waals surface area contributed by atoms with Crippen molar-refractivity contribution in [3.05, 3.63) is 12.2 Å². The van der Waals surface area contributed by atoms with Crippen LogP contribution in [0.3, 0.4) is 0 Å². The van der Waals surface area contributed by atoms with Gasteiger partial charge in [-0.1, -0.05) is 13.0 Å². The molecule has 4 heteroatoms. The van der Waals surface area contributed by atoms with Crippen molar-refractivity contribution in [3.63, 3.8) is 0 Å². The molecule has 0 aromatic heterocycles. The van der Waals surface area contributed by atoms with E-state index in [1.807, 2.05) is 6.92 Å².